The molecular weight excluding hydrogens is 565 g/mol. The number of nitrogens with one attached hydrogen (secondary N) is 1. The van der Waals surface area contributed by atoms with Crippen molar-refractivity contribution >= 4 is 40.6 Å². The molecule has 0 atom stereocenters. The monoisotopic (exact) mass is 590 g/mol. The average Bonchev–Trinajstić information content (AvgIpc) is 3.39. The standard InChI is InChI=1S/C29H24F3N8OS/c1-38-7-9-39(10-8-38)17-21-4-5-23(14-24(21)29(30,31)32)35-28(41)22-12-19(11-20(13-22)16-33)3-6-25-36-37-26-15-27(42-2)34-18-40(25)26/h4-5,11-15,18H,7-10,17H2,1-2H3/q+1/p+1. The Morgan fingerprint density at radius 3 is 2.60 bits per heavy atom. The van der Waals surface area contributed by atoms with Crippen LogP contribution in [0.15, 0.2) is 53.4 Å². The molecule has 0 spiro atoms. The number of hydrogen-bond acceptors (Lipinski definition) is 7. The molecule has 0 saturated carbocycles. The minimum absolute atomic E-state index is 0.00325. The zero-order valence-corrected chi connectivity index (χ0v) is 23.6. The van der Waals surface area contributed by atoms with Crippen LogP contribution >= 0.6 is 11.8 Å². The Balaban J connectivity index is 1.35. The van der Waals surface area contributed by atoms with Gasteiger partial charge in [-0.3, -0.25) is 9.69 Å². The number of piperazine rings is 1. The van der Waals surface area contributed by atoms with E-state index in [1.54, 1.807) is 17.3 Å². The summed E-state index contributed by atoms with van der Waals surface area (Å²) < 4.78 is 46.2. The maximum atomic E-state index is 14.0. The number of nitriles is 1. The molecule has 3 aliphatic heterocycles. The highest BCUT2D eigenvalue weighted by Crippen LogP contribution is 2.34. The maximum Gasteiger partial charge on any atom is 0.469 e. The number of likely N-dealkylation sites (N-methyl/N-ethyl adjacent to an activating group) is 1. The Morgan fingerprint density at radius 1 is 1.12 bits per heavy atom. The molecule has 1 fully saturated rings. The van der Waals surface area contributed by atoms with Crippen LogP contribution in [0.4, 0.5) is 18.9 Å². The molecule has 5 rings (SSSR count). The van der Waals surface area contributed by atoms with Crippen molar-refractivity contribution in [1.29, 1.82) is 5.26 Å². The van der Waals surface area contributed by atoms with Gasteiger partial charge in [-0.2, -0.15) is 18.4 Å². The molecule has 9 nitrogen and oxygen atoms in total. The molecule has 0 radical (unpaired) electrons. The SMILES string of the molecule is CSC1=[N+]=CN2C(=C1)N=[N+]=C2C#Cc1cc(C#N)cc(C(=O)Nc2ccc(CN3CCN(C)CC3)c(C(F)(F)F)c2)c1. The van der Waals surface area contributed by atoms with E-state index >= 15 is 0 Å². The van der Waals surface area contributed by atoms with Gasteiger partial charge in [-0.1, -0.05) is 28.5 Å². The highest BCUT2D eigenvalue weighted by Gasteiger charge is 2.36. The van der Waals surface area contributed by atoms with Gasteiger partial charge < -0.3 is 10.2 Å². The largest absolute Gasteiger partial charge is 0.469 e. The van der Waals surface area contributed by atoms with Gasteiger partial charge >= 0.3 is 18.4 Å². The molecule has 3 heterocycles. The number of halogens is 3. The van der Waals surface area contributed by atoms with Gasteiger partial charge in [0.15, 0.2) is 0 Å². The fraction of sp³-hybridized carbons (Fsp3) is 0.276. The van der Waals surface area contributed by atoms with Crippen LogP contribution in [0.25, 0.3) is 0 Å². The topological polar surface area (TPSA) is 103 Å². The van der Waals surface area contributed by atoms with Crippen LogP contribution in [0.5, 0.6) is 0 Å². The Labute approximate surface area is 244 Å². The summed E-state index contributed by atoms with van der Waals surface area (Å²) in [5.74, 6) is 5.97. The first-order valence-corrected chi connectivity index (χ1v) is 14.1. The lowest BCUT2D eigenvalue weighted by Gasteiger charge is -2.33. The highest BCUT2D eigenvalue weighted by atomic mass is 32.2. The van der Waals surface area contributed by atoms with Crippen LogP contribution in [0.1, 0.15) is 32.6 Å². The number of alkyl halides is 3. The number of carbonyl (C=O) groups excluding carboxylic acids is 1. The van der Waals surface area contributed by atoms with Crippen LogP contribution in [-0.4, -0.2) is 82.1 Å². The number of thioether (sulfide) groups is 1. The molecule has 1 amide bonds. The molecule has 1 saturated heterocycles. The average molecular weight is 591 g/mol. The summed E-state index contributed by atoms with van der Waals surface area (Å²) in [6.07, 6.45) is 0.627. The van der Waals surface area contributed by atoms with E-state index < -0.39 is 17.6 Å². The third-order valence-electron chi connectivity index (χ3n) is 6.79. The predicted octanol–water partition coefficient (Wildman–Crippen LogP) is 3.01. The van der Waals surface area contributed by atoms with Crippen molar-refractivity contribution in [2.45, 2.75) is 12.7 Å². The number of amides is 1. The number of fused-ring (bicyclic) bond motifs is 1. The third kappa shape index (κ3) is 6.64. The number of benzene rings is 2. The van der Waals surface area contributed by atoms with E-state index in [9.17, 15) is 23.2 Å². The number of rotatable bonds is 4. The molecule has 0 aliphatic carbocycles. The Hall–Kier alpha value is -4.61. The first kappa shape index (κ1) is 28.9. The van der Waals surface area contributed by atoms with Gasteiger partial charge in [0.25, 0.3) is 16.8 Å². The van der Waals surface area contributed by atoms with E-state index in [0.29, 0.717) is 30.3 Å². The summed E-state index contributed by atoms with van der Waals surface area (Å²) in [6.45, 7) is 3.09. The van der Waals surface area contributed by atoms with Gasteiger partial charge in [-0.15, -0.1) is 4.90 Å². The number of hydrogen-bond donors (Lipinski definition) is 1. The molecular formula is C29H25F3N8OS+2. The predicted molar refractivity (Wildman–Crippen MR) is 155 cm³/mol. The normalized spacial score (nSPS) is 16.6. The zero-order valence-electron chi connectivity index (χ0n) is 22.7. The summed E-state index contributed by atoms with van der Waals surface area (Å²) >= 11 is 1.47. The first-order chi connectivity index (χ1) is 20.1. The number of amidine groups is 1. The molecule has 0 aromatic heterocycles. The van der Waals surface area contributed by atoms with Gasteiger partial charge in [-0.05, 0) is 49.2 Å². The van der Waals surface area contributed by atoms with Crippen LogP contribution in [-0.2, 0) is 12.7 Å². The van der Waals surface area contributed by atoms with Crippen molar-refractivity contribution in [1.82, 2.24) is 19.4 Å². The van der Waals surface area contributed by atoms with Crippen LogP contribution in [0.3, 0.4) is 0 Å². The van der Waals surface area contributed by atoms with E-state index in [-0.39, 0.29) is 28.9 Å². The highest BCUT2D eigenvalue weighted by molar-refractivity contribution is 8.13. The lowest BCUT2D eigenvalue weighted by Crippen LogP contribution is -2.44. The fourth-order valence-corrected chi connectivity index (χ4v) is 4.88. The molecule has 212 valence electrons. The summed E-state index contributed by atoms with van der Waals surface area (Å²) in [5, 5.41) is 16.9. The zero-order chi connectivity index (χ0) is 29.9. The van der Waals surface area contributed by atoms with E-state index in [0.717, 1.165) is 24.2 Å². The van der Waals surface area contributed by atoms with Gasteiger partial charge in [0.1, 0.15) is 0 Å². The molecule has 2 aromatic rings. The molecule has 3 aliphatic rings. The van der Waals surface area contributed by atoms with Crippen molar-refractivity contribution in [3.05, 3.63) is 76.1 Å². The summed E-state index contributed by atoms with van der Waals surface area (Å²) in [4.78, 5) is 22.9. The second-order valence-corrected chi connectivity index (χ2v) is 10.6. The Bertz CT molecular complexity index is 1710. The Kier molecular flexibility index (Phi) is 8.32. The summed E-state index contributed by atoms with van der Waals surface area (Å²) in [7, 11) is 1.98. The summed E-state index contributed by atoms with van der Waals surface area (Å²) in [6, 6.07) is 10.1. The number of anilines is 1. The minimum Gasteiger partial charge on any atom is -0.322 e. The van der Waals surface area contributed by atoms with Gasteiger partial charge in [0, 0.05) is 55.5 Å². The van der Waals surface area contributed by atoms with Crippen LogP contribution in [0, 0.1) is 23.2 Å². The van der Waals surface area contributed by atoms with Crippen molar-refractivity contribution in [2.24, 2.45) is 5.11 Å². The van der Waals surface area contributed by atoms with Crippen LogP contribution in [0.2, 0.25) is 0 Å². The van der Waals surface area contributed by atoms with Crippen LogP contribution < -0.4 is 9.98 Å². The quantitative estimate of drug-likeness (QED) is 0.434. The van der Waals surface area contributed by atoms with Crippen molar-refractivity contribution in [3.63, 3.8) is 0 Å². The van der Waals surface area contributed by atoms with Crippen molar-refractivity contribution in [3.8, 4) is 17.9 Å². The number of nitrogens with zero attached hydrogens (tertiary/aromatic N) is 7. The Morgan fingerprint density at radius 2 is 1.88 bits per heavy atom. The lowest BCUT2D eigenvalue weighted by molar-refractivity contribution is -0.138. The third-order valence-corrected chi connectivity index (χ3v) is 7.43. The molecule has 13 heteroatoms. The van der Waals surface area contributed by atoms with Crippen molar-refractivity contribution in [2.75, 3.05) is 44.8 Å². The van der Waals surface area contributed by atoms with E-state index in [1.807, 2.05) is 24.3 Å². The number of carbonyl (C=O) groups is 1. The van der Waals surface area contributed by atoms with Gasteiger partial charge in [0.05, 0.1) is 28.4 Å². The van der Waals surface area contributed by atoms with E-state index in [4.69, 9.17) is 0 Å². The smallest absolute Gasteiger partial charge is 0.322 e. The first-order valence-electron chi connectivity index (χ1n) is 12.9. The summed E-state index contributed by atoms with van der Waals surface area (Å²) in [5.41, 5.74) is -0.0560. The second kappa shape index (κ2) is 12.1. The molecule has 42 heavy (non-hydrogen) atoms. The molecule has 2 aromatic carbocycles. The van der Waals surface area contributed by atoms with Gasteiger partial charge in [-0.25, -0.2) is 4.67 Å². The van der Waals surface area contributed by atoms with E-state index in [2.05, 4.69) is 36.6 Å². The fourth-order valence-electron chi connectivity index (χ4n) is 4.50. The molecule has 1 N–H and O–H groups in total. The minimum atomic E-state index is -4.59. The maximum absolute atomic E-state index is 14.0. The lowest BCUT2D eigenvalue weighted by atomic mass is 10.0. The molecule has 0 bridgehead atoms. The van der Waals surface area contributed by atoms with Crippen molar-refractivity contribution < 1.29 is 22.8 Å². The van der Waals surface area contributed by atoms with Gasteiger partial charge in [0.2, 0.25) is 0 Å². The van der Waals surface area contributed by atoms with E-state index in [1.165, 1.54) is 42.1 Å². The molecule has 0 unspecified atom stereocenters. The second-order valence-electron chi connectivity index (χ2n) is 9.75.